The van der Waals surface area contributed by atoms with Crippen LogP contribution in [0.3, 0.4) is 0 Å². The van der Waals surface area contributed by atoms with Crippen LogP contribution in [0.1, 0.15) is 11.5 Å². The maximum Gasteiger partial charge on any atom is 0.255 e. The second-order valence-electron chi connectivity index (χ2n) is 3.31. The van der Waals surface area contributed by atoms with Crippen molar-refractivity contribution in [1.29, 1.82) is 0 Å². The molecule has 0 amide bonds. The zero-order valence-electron chi connectivity index (χ0n) is 8.61. The fourth-order valence-electron chi connectivity index (χ4n) is 1.30. The quantitative estimate of drug-likeness (QED) is 0.874. The predicted molar refractivity (Wildman–Crippen MR) is 61.1 cm³/mol. The Hall–Kier alpha value is -1.24. The summed E-state index contributed by atoms with van der Waals surface area (Å²) >= 11 is 3.45. The molecule has 6 heteroatoms. The molecule has 84 valence electrons. The van der Waals surface area contributed by atoms with E-state index in [-0.39, 0.29) is 6.61 Å². The number of hydrogen-bond donors (Lipinski definition) is 1. The Balaban J connectivity index is 2.35. The van der Waals surface area contributed by atoms with Crippen molar-refractivity contribution < 1.29 is 9.36 Å². The highest BCUT2D eigenvalue weighted by Gasteiger charge is 2.11. The minimum atomic E-state index is 0.108. The standard InChI is InChI=1S/C10H10BrN3O2/c1-6-2-3-7(8(11)4-6)10-13-9(5-15-12)16-14-10/h2-4H,5,12H2,1H3. The lowest BCUT2D eigenvalue weighted by Gasteiger charge is -1.99. The van der Waals surface area contributed by atoms with Crippen molar-refractivity contribution in [3.63, 3.8) is 0 Å². The van der Waals surface area contributed by atoms with Crippen LogP contribution in [0.2, 0.25) is 0 Å². The van der Waals surface area contributed by atoms with Gasteiger partial charge in [0.25, 0.3) is 5.89 Å². The van der Waals surface area contributed by atoms with Crippen LogP contribution >= 0.6 is 15.9 Å². The SMILES string of the molecule is Cc1ccc(-c2noc(CON)n2)c(Br)c1. The zero-order valence-corrected chi connectivity index (χ0v) is 10.2. The van der Waals surface area contributed by atoms with Crippen LogP contribution in [0, 0.1) is 6.92 Å². The van der Waals surface area contributed by atoms with E-state index >= 15 is 0 Å². The van der Waals surface area contributed by atoms with Gasteiger partial charge in [0.2, 0.25) is 5.82 Å². The van der Waals surface area contributed by atoms with Crippen LogP contribution in [-0.4, -0.2) is 10.1 Å². The molecule has 5 nitrogen and oxygen atoms in total. The van der Waals surface area contributed by atoms with Gasteiger partial charge in [-0.3, -0.25) is 4.84 Å². The molecule has 1 aromatic carbocycles. The molecule has 0 aliphatic heterocycles. The fraction of sp³-hybridized carbons (Fsp3) is 0.200. The maximum atomic E-state index is 4.96. The third-order valence-electron chi connectivity index (χ3n) is 2.04. The van der Waals surface area contributed by atoms with Gasteiger partial charge in [0, 0.05) is 10.0 Å². The molecular weight excluding hydrogens is 274 g/mol. The van der Waals surface area contributed by atoms with Gasteiger partial charge in [-0.15, -0.1) is 0 Å². The highest BCUT2D eigenvalue weighted by Crippen LogP contribution is 2.26. The van der Waals surface area contributed by atoms with Gasteiger partial charge in [0.05, 0.1) is 0 Å². The number of nitrogens with zero attached hydrogens (tertiary/aromatic N) is 2. The van der Waals surface area contributed by atoms with Crippen molar-refractivity contribution in [1.82, 2.24) is 10.1 Å². The van der Waals surface area contributed by atoms with Gasteiger partial charge in [-0.05, 0) is 24.6 Å². The summed E-state index contributed by atoms with van der Waals surface area (Å²) in [5.41, 5.74) is 2.03. The Morgan fingerprint density at radius 1 is 1.50 bits per heavy atom. The topological polar surface area (TPSA) is 74.2 Å². The number of halogens is 1. The minimum Gasteiger partial charge on any atom is -0.336 e. The first-order chi connectivity index (χ1) is 7.70. The van der Waals surface area contributed by atoms with E-state index in [0.29, 0.717) is 11.7 Å². The van der Waals surface area contributed by atoms with Gasteiger partial charge in [-0.2, -0.15) is 4.98 Å². The van der Waals surface area contributed by atoms with Gasteiger partial charge in [-0.1, -0.05) is 27.2 Å². The number of rotatable bonds is 3. The highest BCUT2D eigenvalue weighted by molar-refractivity contribution is 9.10. The summed E-state index contributed by atoms with van der Waals surface area (Å²) in [4.78, 5) is 8.57. The van der Waals surface area contributed by atoms with E-state index in [0.717, 1.165) is 15.6 Å². The minimum absolute atomic E-state index is 0.108. The summed E-state index contributed by atoms with van der Waals surface area (Å²) in [5, 5.41) is 3.84. The predicted octanol–water partition coefficient (Wildman–Crippen LogP) is 2.20. The third-order valence-corrected chi connectivity index (χ3v) is 2.70. The molecule has 0 aliphatic rings. The van der Waals surface area contributed by atoms with Crippen LogP contribution in [0.5, 0.6) is 0 Å². The van der Waals surface area contributed by atoms with Gasteiger partial charge in [0.15, 0.2) is 0 Å². The molecule has 0 unspecified atom stereocenters. The molecule has 1 aromatic heterocycles. The highest BCUT2D eigenvalue weighted by atomic mass is 79.9. The second kappa shape index (κ2) is 4.73. The Kier molecular flexibility index (Phi) is 3.33. The molecule has 1 heterocycles. The van der Waals surface area contributed by atoms with Crippen molar-refractivity contribution in [3.8, 4) is 11.4 Å². The smallest absolute Gasteiger partial charge is 0.255 e. The molecule has 2 N–H and O–H groups in total. The molecule has 0 radical (unpaired) electrons. The molecule has 0 saturated heterocycles. The number of hydrogen-bond acceptors (Lipinski definition) is 5. The van der Waals surface area contributed by atoms with Crippen LogP contribution < -0.4 is 5.90 Å². The summed E-state index contributed by atoms with van der Waals surface area (Å²) in [7, 11) is 0. The molecule has 0 aliphatic carbocycles. The van der Waals surface area contributed by atoms with Crippen molar-refractivity contribution in [2.45, 2.75) is 13.5 Å². The first-order valence-corrected chi connectivity index (χ1v) is 5.41. The van der Waals surface area contributed by atoms with Crippen molar-refractivity contribution in [3.05, 3.63) is 34.1 Å². The lowest BCUT2D eigenvalue weighted by molar-refractivity contribution is 0.0996. The molecule has 0 spiro atoms. The molecular formula is C10H10BrN3O2. The molecule has 0 fully saturated rings. The number of nitrogens with two attached hydrogens (primary N) is 1. The molecule has 16 heavy (non-hydrogen) atoms. The lowest BCUT2D eigenvalue weighted by Crippen LogP contribution is -1.98. The Bertz CT molecular complexity index is 499. The van der Waals surface area contributed by atoms with E-state index < -0.39 is 0 Å². The molecule has 0 bridgehead atoms. The number of aryl methyl sites for hydroxylation is 1. The second-order valence-corrected chi connectivity index (χ2v) is 4.16. The van der Waals surface area contributed by atoms with Gasteiger partial charge >= 0.3 is 0 Å². The first kappa shape index (κ1) is 11.3. The summed E-state index contributed by atoms with van der Waals surface area (Å²) in [6.07, 6.45) is 0. The van der Waals surface area contributed by atoms with Gasteiger partial charge < -0.3 is 4.52 Å². The molecule has 0 saturated carbocycles. The summed E-state index contributed by atoms with van der Waals surface area (Å²) in [5.74, 6) is 5.79. The third kappa shape index (κ3) is 2.29. The van der Waals surface area contributed by atoms with E-state index in [1.807, 2.05) is 25.1 Å². The first-order valence-electron chi connectivity index (χ1n) is 4.61. The van der Waals surface area contributed by atoms with Crippen molar-refractivity contribution in [2.24, 2.45) is 5.90 Å². The number of benzene rings is 1. The monoisotopic (exact) mass is 283 g/mol. The van der Waals surface area contributed by atoms with E-state index in [2.05, 4.69) is 30.9 Å². The lowest BCUT2D eigenvalue weighted by atomic mass is 10.1. The largest absolute Gasteiger partial charge is 0.336 e. The van der Waals surface area contributed by atoms with E-state index in [9.17, 15) is 0 Å². The molecule has 2 rings (SSSR count). The normalized spacial score (nSPS) is 10.7. The number of aromatic nitrogens is 2. The van der Waals surface area contributed by atoms with Gasteiger partial charge in [0.1, 0.15) is 6.61 Å². The zero-order chi connectivity index (χ0) is 11.5. The summed E-state index contributed by atoms with van der Waals surface area (Å²) in [6, 6.07) is 5.90. The Morgan fingerprint density at radius 2 is 2.31 bits per heavy atom. The van der Waals surface area contributed by atoms with Gasteiger partial charge in [-0.25, -0.2) is 5.90 Å². The van der Waals surface area contributed by atoms with E-state index in [1.165, 1.54) is 0 Å². The van der Waals surface area contributed by atoms with Crippen molar-refractivity contribution >= 4 is 15.9 Å². The van der Waals surface area contributed by atoms with E-state index in [1.54, 1.807) is 0 Å². The Morgan fingerprint density at radius 3 is 3.00 bits per heavy atom. The van der Waals surface area contributed by atoms with Crippen LogP contribution in [-0.2, 0) is 11.4 Å². The summed E-state index contributed by atoms with van der Waals surface area (Å²) in [6.45, 7) is 2.12. The maximum absolute atomic E-state index is 4.96. The average molecular weight is 284 g/mol. The Labute approximate surface area is 101 Å². The van der Waals surface area contributed by atoms with Crippen LogP contribution in [0.15, 0.2) is 27.2 Å². The van der Waals surface area contributed by atoms with Crippen LogP contribution in [0.25, 0.3) is 11.4 Å². The van der Waals surface area contributed by atoms with E-state index in [4.69, 9.17) is 10.4 Å². The van der Waals surface area contributed by atoms with Crippen LogP contribution in [0.4, 0.5) is 0 Å². The molecule has 2 aromatic rings. The average Bonchev–Trinajstić information content (AvgIpc) is 2.67. The van der Waals surface area contributed by atoms with Crippen molar-refractivity contribution in [2.75, 3.05) is 0 Å². The summed E-state index contributed by atoms with van der Waals surface area (Å²) < 4.78 is 5.88. The fourth-order valence-corrected chi connectivity index (χ4v) is 1.97. The molecule has 0 atom stereocenters.